The highest BCUT2D eigenvalue weighted by Crippen LogP contribution is 2.42. The molecule has 1 N–H and O–H groups in total. The summed E-state index contributed by atoms with van der Waals surface area (Å²) in [7, 11) is 0. The van der Waals surface area contributed by atoms with Gasteiger partial charge in [-0.1, -0.05) is 47.7 Å². The molecule has 0 amide bonds. The van der Waals surface area contributed by atoms with E-state index in [0.717, 1.165) is 11.1 Å². The second-order valence-corrected chi connectivity index (χ2v) is 5.95. The number of pyridine rings is 2. The van der Waals surface area contributed by atoms with Crippen LogP contribution in [0.2, 0.25) is 0 Å². The van der Waals surface area contributed by atoms with Crippen molar-refractivity contribution in [2.75, 3.05) is 0 Å². The molecule has 26 heavy (non-hydrogen) atoms. The van der Waals surface area contributed by atoms with Gasteiger partial charge in [-0.05, 0) is 23.3 Å². The normalized spacial score (nSPS) is 14.5. The number of aromatic nitrogens is 5. The fourth-order valence-corrected chi connectivity index (χ4v) is 3.24. The Morgan fingerprint density at radius 2 is 1.54 bits per heavy atom. The monoisotopic (exact) mass is 343 g/mol. The Morgan fingerprint density at radius 1 is 0.808 bits per heavy atom. The lowest BCUT2D eigenvalue weighted by atomic mass is 9.78. The Bertz CT molecular complexity index is 904. The van der Waals surface area contributed by atoms with Crippen molar-refractivity contribution in [2.45, 2.75) is 11.6 Å². The summed E-state index contributed by atoms with van der Waals surface area (Å²) in [6.45, 7) is 0. The summed E-state index contributed by atoms with van der Waals surface area (Å²) < 4.78 is 1.65. The van der Waals surface area contributed by atoms with Gasteiger partial charge in [0.05, 0.1) is 6.20 Å². The van der Waals surface area contributed by atoms with Crippen molar-refractivity contribution in [3.05, 3.63) is 108 Å². The third-order valence-electron chi connectivity index (χ3n) is 4.42. The van der Waals surface area contributed by atoms with Crippen molar-refractivity contribution in [3.63, 3.8) is 0 Å². The van der Waals surface area contributed by atoms with Gasteiger partial charge < -0.3 is 5.11 Å². The van der Waals surface area contributed by atoms with Crippen molar-refractivity contribution in [2.24, 2.45) is 0 Å². The lowest BCUT2D eigenvalue weighted by Crippen LogP contribution is -2.39. The molecule has 0 saturated heterocycles. The van der Waals surface area contributed by atoms with E-state index in [1.807, 2.05) is 54.6 Å². The Morgan fingerprint density at radius 3 is 2.15 bits per heavy atom. The fraction of sp³-hybridized carbons (Fsp3) is 0.100. The molecule has 3 aromatic heterocycles. The van der Waals surface area contributed by atoms with E-state index < -0.39 is 11.6 Å². The van der Waals surface area contributed by atoms with E-state index in [1.165, 1.54) is 0 Å². The van der Waals surface area contributed by atoms with Crippen molar-refractivity contribution in [3.8, 4) is 0 Å². The van der Waals surface area contributed by atoms with Gasteiger partial charge in [-0.25, -0.2) is 4.68 Å². The van der Waals surface area contributed by atoms with Crippen LogP contribution in [0.15, 0.2) is 91.8 Å². The van der Waals surface area contributed by atoms with Gasteiger partial charge in [-0.2, -0.15) is 0 Å². The smallest absolute Gasteiger partial charge is 0.143 e. The second kappa shape index (κ2) is 6.85. The molecule has 0 aliphatic rings. The number of aliphatic hydroxyl groups is 1. The largest absolute Gasteiger partial charge is 0.378 e. The zero-order chi connectivity index (χ0) is 17.8. The molecule has 6 heteroatoms. The van der Waals surface area contributed by atoms with E-state index in [1.54, 1.807) is 41.9 Å². The summed E-state index contributed by atoms with van der Waals surface area (Å²) in [6.07, 6.45) is 10.1. The average molecular weight is 343 g/mol. The Balaban J connectivity index is 2.00. The van der Waals surface area contributed by atoms with Gasteiger partial charge in [0.1, 0.15) is 11.6 Å². The molecule has 0 aliphatic carbocycles. The average Bonchev–Trinajstić information content (AvgIpc) is 3.24. The standard InChI is InChI=1S/C20H17N5O/c26-20(17-7-2-1-3-8-17,18-9-5-11-22-15-18)19(25-13-12-23-24-25)16-6-4-10-21-14-16/h1-15,19,26H/t19-,20-/m1/s1. The molecular formula is C20H17N5O. The molecule has 128 valence electrons. The van der Waals surface area contributed by atoms with Crippen LogP contribution in [0, 0.1) is 0 Å². The minimum absolute atomic E-state index is 0.565. The summed E-state index contributed by atoms with van der Waals surface area (Å²) in [5, 5.41) is 20.2. The van der Waals surface area contributed by atoms with Crippen LogP contribution in [0.4, 0.5) is 0 Å². The summed E-state index contributed by atoms with van der Waals surface area (Å²) >= 11 is 0. The molecule has 6 nitrogen and oxygen atoms in total. The van der Waals surface area contributed by atoms with E-state index >= 15 is 0 Å². The molecule has 0 aliphatic heterocycles. The first-order valence-electron chi connectivity index (χ1n) is 8.24. The van der Waals surface area contributed by atoms with Crippen LogP contribution < -0.4 is 0 Å². The minimum atomic E-state index is -1.41. The van der Waals surface area contributed by atoms with Gasteiger partial charge in [0.25, 0.3) is 0 Å². The van der Waals surface area contributed by atoms with Crippen molar-refractivity contribution < 1.29 is 5.11 Å². The van der Waals surface area contributed by atoms with Crippen molar-refractivity contribution in [1.82, 2.24) is 25.0 Å². The molecule has 0 fully saturated rings. The number of benzene rings is 1. The molecule has 0 saturated carbocycles. The number of rotatable bonds is 5. The predicted octanol–water partition coefficient (Wildman–Crippen LogP) is 2.59. The topological polar surface area (TPSA) is 76.7 Å². The lowest BCUT2D eigenvalue weighted by Gasteiger charge is -2.37. The molecule has 0 spiro atoms. The molecule has 3 heterocycles. The van der Waals surface area contributed by atoms with E-state index in [-0.39, 0.29) is 0 Å². The molecule has 2 atom stereocenters. The highest BCUT2D eigenvalue weighted by molar-refractivity contribution is 5.40. The maximum absolute atomic E-state index is 12.1. The third-order valence-corrected chi connectivity index (χ3v) is 4.42. The lowest BCUT2D eigenvalue weighted by molar-refractivity contribution is 0.0325. The van der Waals surface area contributed by atoms with Crippen molar-refractivity contribution in [1.29, 1.82) is 0 Å². The number of hydrogen-bond donors (Lipinski definition) is 1. The Hall–Kier alpha value is -3.38. The number of nitrogens with zero attached hydrogens (tertiary/aromatic N) is 5. The molecule has 1 aromatic carbocycles. The minimum Gasteiger partial charge on any atom is -0.378 e. The second-order valence-electron chi connectivity index (χ2n) is 5.95. The van der Waals surface area contributed by atoms with Crippen molar-refractivity contribution >= 4 is 0 Å². The summed E-state index contributed by atoms with van der Waals surface area (Å²) in [5.74, 6) is 0. The number of hydrogen-bond acceptors (Lipinski definition) is 5. The van der Waals surface area contributed by atoms with E-state index in [4.69, 9.17) is 0 Å². The van der Waals surface area contributed by atoms with Gasteiger partial charge in [0.15, 0.2) is 0 Å². The first kappa shape index (κ1) is 16.1. The van der Waals surface area contributed by atoms with Crippen LogP contribution in [-0.4, -0.2) is 30.1 Å². The van der Waals surface area contributed by atoms with Gasteiger partial charge in [0, 0.05) is 36.5 Å². The van der Waals surface area contributed by atoms with E-state index in [2.05, 4.69) is 20.3 Å². The zero-order valence-corrected chi connectivity index (χ0v) is 13.9. The SMILES string of the molecule is O[C@](c1ccccc1)(c1cccnc1)[C@@H](c1cccnc1)n1ccnn1. The van der Waals surface area contributed by atoms with Gasteiger partial charge in [-0.3, -0.25) is 9.97 Å². The highest BCUT2D eigenvalue weighted by Gasteiger charge is 2.43. The van der Waals surface area contributed by atoms with Gasteiger partial charge in [0.2, 0.25) is 0 Å². The molecule has 0 radical (unpaired) electrons. The quantitative estimate of drug-likeness (QED) is 0.603. The molecule has 4 aromatic rings. The maximum Gasteiger partial charge on any atom is 0.143 e. The molecule has 4 rings (SSSR count). The van der Waals surface area contributed by atoms with Crippen LogP contribution in [0.3, 0.4) is 0 Å². The van der Waals surface area contributed by atoms with Crippen LogP contribution in [0.5, 0.6) is 0 Å². The Kier molecular flexibility index (Phi) is 4.25. The first-order chi connectivity index (χ1) is 12.8. The van der Waals surface area contributed by atoms with Crippen LogP contribution >= 0.6 is 0 Å². The van der Waals surface area contributed by atoms with E-state index in [0.29, 0.717) is 5.56 Å². The van der Waals surface area contributed by atoms with Gasteiger partial charge in [-0.15, -0.1) is 5.10 Å². The summed E-state index contributed by atoms with van der Waals surface area (Å²) in [5.41, 5.74) is 0.799. The van der Waals surface area contributed by atoms with Crippen LogP contribution in [-0.2, 0) is 5.60 Å². The highest BCUT2D eigenvalue weighted by atomic mass is 16.3. The van der Waals surface area contributed by atoms with Crippen LogP contribution in [0.1, 0.15) is 22.7 Å². The first-order valence-corrected chi connectivity index (χ1v) is 8.24. The predicted molar refractivity (Wildman–Crippen MR) is 96.1 cm³/mol. The maximum atomic E-state index is 12.1. The Labute approximate surface area is 150 Å². The van der Waals surface area contributed by atoms with Gasteiger partial charge >= 0.3 is 0 Å². The third kappa shape index (κ3) is 2.76. The van der Waals surface area contributed by atoms with Crippen LogP contribution in [0.25, 0.3) is 0 Å². The zero-order valence-electron chi connectivity index (χ0n) is 13.9. The fourth-order valence-electron chi connectivity index (χ4n) is 3.24. The molecule has 0 unspecified atom stereocenters. The van der Waals surface area contributed by atoms with E-state index in [9.17, 15) is 5.11 Å². The molecular weight excluding hydrogens is 326 g/mol. The molecule has 0 bridgehead atoms. The summed E-state index contributed by atoms with van der Waals surface area (Å²) in [6, 6.07) is 16.4. The summed E-state index contributed by atoms with van der Waals surface area (Å²) in [4.78, 5) is 8.44.